The van der Waals surface area contributed by atoms with Gasteiger partial charge < -0.3 is 11.5 Å². The van der Waals surface area contributed by atoms with Crippen molar-refractivity contribution in [3.8, 4) is 0 Å². The molecule has 0 aliphatic heterocycles. The van der Waals surface area contributed by atoms with Gasteiger partial charge in [0, 0.05) is 0 Å². The fourth-order valence-electron chi connectivity index (χ4n) is 1.32. The normalized spacial score (nSPS) is 8.91. The first kappa shape index (κ1) is 16.7. The van der Waals surface area contributed by atoms with Crippen molar-refractivity contribution in [1.29, 1.82) is 0 Å². The van der Waals surface area contributed by atoms with E-state index in [1.165, 1.54) is 0 Å². The third-order valence-corrected chi connectivity index (χ3v) is 2.21. The molecule has 22 heavy (non-hydrogen) atoms. The quantitative estimate of drug-likeness (QED) is 0.645. The van der Waals surface area contributed by atoms with Gasteiger partial charge in [0.05, 0.1) is 11.1 Å². The summed E-state index contributed by atoms with van der Waals surface area (Å²) in [6.07, 6.45) is 0. The van der Waals surface area contributed by atoms with Crippen LogP contribution in [0.3, 0.4) is 0 Å². The third-order valence-electron chi connectivity index (χ3n) is 2.21. The van der Waals surface area contributed by atoms with Gasteiger partial charge in [0.25, 0.3) is 0 Å². The van der Waals surface area contributed by atoms with Gasteiger partial charge in [-0.15, -0.1) is 0 Å². The second-order valence-electron chi connectivity index (χ2n) is 3.88. The molecule has 2 aromatic rings. The molecule has 0 saturated carbocycles. The van der Waals surface area contributed by atoms with Crippen LogP contribution in [0.4, 0.5) is 4.79 Å². The summed E-state index contributed by atoms with van der Waals surface area (Å²) in [7, 11) is 0. The molecule has 0 atom stereocenters. The maximum absolute atomic E-state index is 11.5. The highest BCUT2D eigenvalue weighted by molar-refractivity contribution is 5.92. The summed E-state index contributed by atoms with van der Waals surface area (Å²) >= 11 is 0. The van der Waals surface area contributed by atoms with Gasteiger partial charge in [-0.05, 0) is 24.3 Å². The zero-order valence-electron chi connectivity index (χ0n) is 11.5. The number of hydrogen-bond acceptors (Lipinski definition) is 5. The molecule has 0 heterocycles. The van der Waals surface area contributed by atoms with Crippen LogP contribution >= 0.6 is 0 Å². The Labute approximate surface area is 126 Å². The average molecular weight is 302 g/mol. The molecule has 2 amide bonds. The first-order chi connectivity index (χ1) is 10.5. The highest BCUT2D eigenvalue weighted by atomic mass is 17.2. The van der Waals surface area contributed by atoms with Crippen LogP contribution in [-0.4, -0.2) is 18.0 Å². The van der Waals surface area contributed by atoms with Crippen LogP contribution < -0.4 is 11.5 Å². The number of rotatable bonds is 2. The molecule has 0 unspecified atom stereocenters. The summed E-state index contributed by atoms with van der Waals surface area (Å²) in [5.74, 6) is -1.42. The van der Waals surface area contributed by atoms with Crippen LogP contribution in [0.5, 0.6) is 0 Å². The minimum atomic E-state index is -0.833. The number of hydrogen-bond donors (Lipinski definition) is 2. The number of carbonyl (C=O) groups is 3. The number of urea groups is 1. The van der Waals surface area contributed by atoms with E-state index in [0.29, 0.717) is 11.1 Å². The minimum Gasteiger partial charge on any atom is -0.352 e. The first-order valence-corrected chi connectivity index (χ1v) is 6.09. The molecule has 0 bridgehead atoms. The van der Waals surface area contributed by atoms with Crippen LogP contribution in [0.15, 0.2) is 60.7 Å². The smallest absolute Gasteiger partial charge is 0.352 e. The van der Waals surface area contributed by atoms with E-state index in [0.717, 1.165) is 0 Å². The van der Waals surface area contributed by atoms with E-state index in [1.54, 1.807) is 60.7 Å². The first-order valence-electron chi connectivity index (χ1n) is 6.09. The lowest BCUT2D eigenvalue weighted by Crippen LogP contribution is -2.18. The SMILES string of the molecule is NC(N)=O.O=C(OOC(=O)c1ccccc1)c1ccccc1. The number of benzene rings is 2. The molecule has 0 fully saturated rings. The van der Waals surface area contributed by atoms with Gasteiger partial charge in [0.1, 0.15) is 0 Å². The van der Waals surface area contributed by atoms with Crippen LogP contribution in [0.2, 0.25) is 0 Å². The van der Waals surface area contributed by atoms with E-state index in [4.69, 9.17) is 4.79 Å². The van der Waals surface area contributed by atoms with Crippen LogP contribution in [0.25, 0.3) is 0 Å². The number of nitrogens with two attached hydrogens (primary N) is 2. The van der Waals surface area contributed by atoms with Gasteiger partial charge in [-0.2, -0.15) is 0 Å². The summed E-state index contributed by atoms with van der Waals surface area (Å²) < 4.78 is 0. The predicted octanol–water partition coefficient (Wildman–Crippen LogP) is 1.64. The summed E-state index contributed by atoms with van der Waals surface area (Å²) in [6.45, 7) is 0. The molecule has 0 saturated heterocycles. The Morgan fingerprint density at radius 1 is 0.636 bits per heavy atom. The number of carbonyl (C=O) groups excluding carboxylic acids is 3. The molecular formula is C15H14N2O5. The van der Waals surface area contributed by atoms with Gasteiger partial charge in [0.15, 0.2) is 0 Å². The van der Waals surface area contributed by atoms with E-state index >= 15 is 0 Å². The second-order valence-corrected chi connectivity index (χ2v) is 3.88. The summed E-state index contributed by atoms with van der Waals surface area (Å²) in [4.78, 5) is 40.9. The molecule has 0 spiro atoms. The highest BCUT2D eigenvalue weighted by Crippen LogP contribution is 2.05. The lowest BCUT2D eigenvalue weighted by atomic mass is 10.2. The highest BCUT2D eigenvalue weighted by Gasteiger charge is 2.12. The molecule has 0 radical (unpaired) electrons. The van der Waals surface area contributed by atoms with Crippen LogP contribution in [0, 0.1) is 0 Å². The van der Waals surface area contributed by atoms with Crippen molar-refractivity contribution in [3.63, 3.8) is 0 Å². The van der Waals surface area contributed by atoms with Gasteiger partial charge in [-0.3, -0.25) is 0 Å². The van der Waals surface area contributed by atoms with E-state index in [-0.39, 0.29) is 0 Å². The molecule has 2 rings (SSSR count). The second kappa shape index (κ2) is 8.75. The van der Waals surface area contributed by atoms with Gasteiger partial charge >= 0.3 is 18.0 Å². The molecular weight excluding hydrogens is 288 g/mol. The number of primary amides is 2. The predicted molar refractivity (Wildman–Crippen MR) is 77.5 cm³/mol. The van der Waals surface area contributed by atoms with Crippen LogP contribution in [0.1, 0.15) is 20.7 Å². The summed E-state index contributed by atoms with van der Waals surface area (Å²) in [6, 6.07) is 15.7. The molecule has 4 N–H and O–H groups in total. The fraction of sp³-hybridized carbons (Fsp3) is 0. The molecule has 7 nitrogen and oxygen atoms in total. The van der Waals surface area contributed by atoms with E-state index in [2.05, 4.69) is 21.2 Å². The van der Waals surface area contributed by atoms with Crippen molar-refractivity contribution in [3.05, 3.63) is 71.8 Å². The maximum Gasteiger partial charge on any atom is 0.386 e. The van der Waals surface area contributed by atoms with Gasteiger partial charge in [0.2, 0.25) is 0 Å². The van der Waals surface area contributed by atoms with E-state index in [9.17, 15) is 9.59 Å². The fourth-order valence-corrected chi connectivity index (χ4v) is 1.32. The van der Waals surface area contributed by atoms with Gasteiger partial charge in [-0.1, -0.05) is 36.4 Å². The van der Waals surface area contributed by atoms with E-state index in [1.807, 2.05) is 0 Å². The molecule has 7 heteroatoms. The monoisotopic (exact) mass is 302 g/mol. The van der Waals surface area contributed by atoms with Crippen molar-refractivity contribution in [2.45, 2.75) is 0 Å². The Kier molecular flexibility index (Phi) is 6.64. The van der Waals surface area contributed by atoms with Crippen molar-refractivity contribution in [2.75, 3.05) is 0 Å². The Morgan fingerprint density at radius 3 is 1.18 bits per heavy atom. The van der Waals surface area contributed by atoms with Gasteiger partial charge in [-0.25, -0.2) is 24.2 Å². The molecule has 114 valence electrons. The Morgan fingerprint density at radius 2 is 0.909 bits per heavy atom. The van der Waals surface area contributed by atoms with Crippen molar-refractivity contribution in [2.24, 2.45) is 11.5 Å². The average Bonchev–Trinajstić information content (AvgIpc) is 2.53. The van der Waals surface area contributed by atoms with Crippen molar-refractivity contribution in [1.82, 2.24) is 0 Å². The standard InChI is InChI=1S/C14H10O4.CH4N2O/c15-13(11-7-3-1-4-8-11)17-18-14(16)12-9-5-2-6-10-12;2-1(3)4/h1-10H;(H4,2,3,4). The lowest BCUT2D eigenvalue weighted by molar-refractivity contribution is -0.187. The largest absolute Gasteiger partial charge is 0.386 e. The lowest BCUT2D eigenvalue weighted by Gasteiger charge is -2.02. The van der Waals surface area contributed by atoms with E-state index < -0.39 is 18.0 Å². The Balaban J connectivity index is 0.000000541. The molecule has 2 aromatic carbocycles. The summed E-state index contributed by atoms with van der Waals surface area (Å²) in [5.41, 5.74) is 9.14. The zero-order chi connectivity index (χ0) is 16.4. The Bertz CT molecular complexity index is 573. The Hall–Kier alpha value is -3.35. The maximum atomic E-state index is 11.5. The molecule has 0 aliphatic carbocycles. The molecule has 0 aromatic heterocycles. The third kappa shape index (κ3) is 6.20. The van der Waals surface area contributed by atoms with Crippen LogP contribution in [-0.2, 0) is 9.78 Å². The zero-order valence-corrected chi connectivity index (χ0v) is 11.5. The molecule has 0 aliphatic rings. The topological polar surface area (TPSA) is 122 Å². The number of amides is 2. The minimum absolute atomic E-state index is 0.318. The van der Waals surface area contributed by atoms with Crippen molar-refractivity contribution >= 4 is 18.0 Å². The van der Waals surface area contributed by atoms with Crippen molar-refractivity contribution < 1.29 is 24.2 Å². The summed E-state index contributed by atoms with van der Waals surface area (Å²) in [5, 5.41) is 0.